The summed E-state index contributed by atoms with van der Waals surface area (Å²) in [6, 6.07) is 14.1. The SMILES string of the molecule is Cc1ccc(/C=N\Nc2nc(Nc3ccc([N+](=O)[O-])cc3)nc(N3CCCC3)n2)cc1. The fraction of sp³-hybridized carbons (Fsp3) is 0.238. The Labute approximate surface area is 179 Å². The molecule has 2 aromatic carbocycles. The number of nitrogens with zero attached hydrogens (tertiary/aromatic N) is 6. The van der Waals surface area contributed by atoms with Crippen LogP contribution in [0, 0.1) is 17.0 Å². The van der Waals surface area contributed by atoms with Crippen molar-refractivity contribution in [2.24, 2.45) is 5.10 Å². The topological polar surface area (TPSA) is 121 Å². The number of anilines is 4. The van der Waals surface area contributed by atoms with Crippen LogP contribution < -0.4 is 15.6 Å². The monoisotopic (exact) mass is 418 g/mol. The molecule has 1 aliphatic rings. The van der Waals surface area contributed by atoms with Crippen LogP contribution in [-0.2, 0) is 0 Å². The molecule has 1 aliphatic heterocycles. The van der Waals surface area contributed by atoms with E-state index in [1.807, 2.05) is 31.2 Å². The molecule has 2 heterocycles. The van der Waals surface area contributed by atoms with Gasteiger partial charge in [0.05, 0.1) is 11.1 Å². The molecule has 0 spiro atoms. The standard InChI is InChI=1S/C21H22N8O2/c1-15-4-6-16(7-5-15)14-22-27-20-24-19(25-21(26-20)28-12-2-3-13-28)23-17-8-10-18(11-9-17)29(30)31/h4-11,14H,2-3,12-13H2,1H3,(H2,23,24,25,26,27)/b22-14-. The van der Waals surface area contributed by atoms with Gasteiger partial charge in [0, 0.05) is 30.9 Å². The van der Waals surface area contributed by atoms with Gasteiger partial charge in [-0.15, -0.1) is 0 Å². The Morgan fingerprint density at radius 2 is 1.68 bits per heavy atom. The van der Waals surface area contributed by atoms with Crippen LogP contribution in [-0.4, -0.2) is 39.2 Å². The number of nitro groups is 1. The summed E-state index contributed by atoms with van der Waals surface area (Å²) in [7, 11) is 0. The van der Waals surface area contributed by atoms with E-state index in [-0.39, 0.29) is 5.69 Å². The molecule has 0 saturated carbocycles. The van der Waals surface area contributed by atoms with Crippen molar-refractivity contribution in [3.8, 4) is 0 Å². The number of nitro benzene ring substituents is 1. The Hall–Kier alpha value is -4.08. The summed E-state index contributed by atoms with van der Waals surface area (Å²) < 4.78 is 0. The lowest BCUT2D eigenvalue weighted by atomic mass is 10.2. The maximum absolute atomic E-state index is 10.9. The molecule has 0 bridgehead atoms. The smallest absolute Gasteiger partial charge is 0.269 e. The van der Waals surface area contributed by atoms with Crippen molar-refractivity contribution in [3.63, 3.8) is 0 Å². The van der Waals surface area contributed by atoms with Crippen molar-refractivity contribution in [2.45, 2.75) is 19.8 Å². The summed E-state index contributed by atoms with van der Waals surface area (Å²) in [5, 5.41) is 18.2. The minimum atomic E-state index is -0.438. The second-order valence-electron chi connectivity index (χ2n) is 7.19. The van der Waals surface area contributed by atoms with Crippen molar-refractivity contribution in [2.75, 3.05) is 28.7 Å². The lowest BCUT2D eigenvalue weighted by Crippen LogP contribution is -2.21. The predicted molar refractivity (Wildman–Crippen MR) is 120 cm³/mol. The number of hydrogen-bond acceptors (Lipinski definition) is 9. The van der Waals surface area contributed by atoms with Gasteiger partial charge in [-0.05, 0) is 37.5 Å². The number of rotatable bonds is 7. The maximum Gasteiger partial charge on any atom is 0.269 e. The lowest BCUT2D eigenvalue weighted by Gasteiger charge is -2.16. The van der Waals surface area contributed by atoms with Crippen molar-refractivity contribution in [3.05, 3.63) is 69.8 Å². The van der Waals surface area contributed by atoms with Crippen LogP contribution in [0.1, 0.15) is 24.0 Å². The van der Waals surface area contributed by atoms with Crippen LogP contribution >= 0.6 is 0 Å². The molecule has 1 aromatic heterocycles. The third-order valence-electron chi connectivity index (χ3n) is 4.80. The van der Waals surface area contributed by atoms with E-state index in [1.165, 1.54) is 17.7 Å². The molecular weight excluding hydrogens is 396 g/mol. The summed E-state index contributed by atoms with van der Waals surface area (Å²) in [6.45, 7) is 3.80. The number of benzene rings is 2. The zero-order valence-electron chi connectivity index (χ0n) is 17.0. The van der Waals surface area contributed by atoms with Gasteiger partial charge in [0.15, 0.2) is 0 Å². The third kappa shape index (κ3) is 5.30. The molecule has 4 rings (SSSR count). The normalized spacial score (nSPS) is 13.5. The maximum atomic E-state index is 10.9. The summed E-state index contributed by atoms with van der Waals surface area (Å²) in [5.41, 5.74) is 5.67. The van der Waals surface area contributed by atoms with Crippen molar-refractivity contribution < 1.29 is 4.92 Å². The van der Waals surface area contributed by atoms with Crippen LogP contribution in [0.25, 0.3) is 0 Å². The highest BCUT2D eigenvalue weighted by Crippen LogP contribution is 2.22. The molecule has 2 N–H and O–H groups in total. The Morgan fingerprint density at radius 1 is 1.00 bits per heavy atom. The van der Waals surface area contributed by atoms with E-state index >= 15 is 0 Å². The number of hydrogen-bond donors (Lipinski definition) is 2. The molecule has 0 aliphatic carbocycles. The van der Waals surface area contributed by atoms with Crippen LogP contribution in [0.15, 0.2) is 53.6 Å². The number of hydrazone groups is 1. The van der Waals surface area contributed by atoms with Crippen LogP contribution in [0.5, 0.6) is 0 Å². The molecule has 3 aromatic rings. The molecule has 1 fully saturated rings. The number of nitrogens with one attached hydrogen (secondary N) is 2. The van der Waals surface area contributed by atoms with Gasteiger partial charge in [-0.3, -0.25) is 10.1 Å². The second-order valence-corrected chi connectivity index (χ2v) is 7.19. The average Bonchev–Trinajstić information content (AvgIpc) is 3.30. The van der Waals surface area contributed by atoms with E-state index in [2.05, 4.69) is 35.7 Å². The van der Waals surface area contributed by atoms with Crippen LogP contribution in [0.3, 0.4) is 0 Å². The van der Waals surface area contributed by atoms with E-state index in [0.717, 1.165) is 31.5 Å². The van der Waals surface area contributed by atoms with Gasteiger partial charge >= 0.3 is 0 Å². The lowest BCUT2D eigenvalue weighted by molar-refractivity contribution is -0.384. The van der Waals surface area contributed by atoms with E-state index in [1.54, 1.807) is 18.3 Å². The molecule has 0 amide bonds. The molecular formula is C21H22N8O2. The van der Waals surface area contributed by atoms with E-state index < -0.39 is 4.92 Å². The molecule has 0 atom stereocenters. The highest BCUT2D eigenvalue weighted by Gasteiger charge is 2.17. The Bertz CT molecular complexity index is 1080. The van der Waals surface area contributed by atoms with Crippen molar-refractivity contribution >= 4 is 35.4 Å². The average molecular weight is 418 g/mol. The molecule has 10 nitrogen and oxygen atoms in total. The third-order valence-corrected chi connectivity index (χ3v) is 4.80. The molecule has 0 radical (unpaired) electrons. The van der Waals surface area contributed by atoms with Crippen LogP contribution in [0.4, 0.5) is 29.2 Å². The predicted octanol–water partition coefficient (Wildman–Crippen LogP) is 3.88. The molecule has 10 heteroatoms. The fourth-order valence-corrected chi connectivity index (χ4v) is 3.14. The number of non-ortho nitro benzene ring substituents is 1. The van der Waals surface area contributed by atoms with Gasteiger partial charge < -0.3 is 10.2 Å². The summed E-state index contributed by atoms with van der Waals surface area (Å²) in [5.74, 6) is 1.20. The highest BCUT2D eigenvalue weighted by molar-refractivity contribution is 5.80. The first-order valence-electron chi connectivity index (χ1n) is 9.95. The molecule has 0 unspecified atom stereocenters. The quantitative estimate of drug-likeness (QED) is 0.337. The number of aromatic nitrogens is 3. The Balaban J connectivity index is 1.54. The van der Waals surface area contributed by atoms with Gasteiger partial charge in [-0.1, -0.05) is 29.8 Å². The summed E-state index contributed by atoms with van der Waals surface area (Å²) in [6.07, 6.45) is 3.87. The van der Waals surface area contributed by atoms with Crippen molar-refractivity contribution in [1.82, 2.24) is 15.0 Å². The minimum absolute atomic E-state index is 0.0201. The largest absolute Gasteiger partial charge is 0.341 e. The number of aryl methyl sites for hydroxylation is 1. The van der Waals surface area contributed by atoms with Gasteiger partial charge in [0.1, 0.15) is 0 Å². The van der Waals surface area contributed by atoms with Gasteiger partial charge in [-0.25, -0.2) is 5.43 Å². The molecule has 158 valence electrons. The van der Waals surface area contributed by atoms with E-state index in [4.69, 9.17) is 0 Å². The fourth-order valence-electron chi connectivity index (χ4n) is 3.14. The van der Waals surface area contributed by atoms with Crippen molar-refractivity contribution in [1.29, 1.82) is 0 Å². The Morgan fingerprint density at radius 3 is 2.35 bits per heavy atom. The van der Waals surface area contributed by atoms with E-state index in [0.29, 0.717) is 23.5 Å². The first kappa shape index (κ1) is 20.2. The minimum Gasteiger partial charge on any atom is -0.341 e. The molecule has 1 saturated heterocycles. The van der Waals surface area contributed by atoms with Gasteiger partial charge in [0.2, 0.25) is 17.8 Å². The van der Waals surface area contributed by atoms with Crippen LogP contribution in [0.2, 0.25) is 0 Å². The van der Waals surface area contributed by atoms with Gasteiger partial charge in [0.25, 0.3) is 5.69 Å². The second kappa shape index (κ2) is 9.16. The van der Waals surface area contributed by atoms with Gasteiger partial charge in [-0.2, -0.15) is 20.1 Å². The highest BCUT2D eigenvalue weighted by atomic mass is 16.6. The molecule has 31 heavy (non-hydrogen) atoms. The zero-order chi connectivity index (χ0) is 21.6. The van der Waals surface area contributed by atoms with E-state index in [9.17, 15) is 10.1 Å². The summed E-state index contributed by atoms with van der Waals surface area (Å²) >= 11 is 0. The Kier molecular flexibility index (Phi) is 5.97. The summed E-state index contributed by atoms with van der Waals surface area (Å²) in [4.78, 5) is 25.9. The first-order valence-corrected chi connectivity index (χ1v) is 9.95. The first-order chi connectivity index (χ1) is 15.1. The zero-order valence-corrected chi connectivity index (χ0v) is 17.0.